The van der Waals surface area contributed by atoms with Crippen LogP contribution in [0.25, 0.3) is 0 Å². The summed E-state index contributed by atoms with van der Waals surface area (Å²) >= 11 is 0. The second-order valence-electron chi connectivity index (χ2n) is 20.4. The number of aliphatic carboxylic acids is 1. The lowest BCUT2D eigenvalue weighted by atomic mass is 9.33. The third-order valence-electron chi connectivity index (χ3n) is 16.5. The molecule has 0 aromatic carbocycles. The first-order valence-corrected chi connectivity index (χ1v) is 20.2. The molecule has 0 aromatic heterocycles. The smallest absolute Gasteiger partial charge is 0.309 e. The summed E-state index contributed by atoms with van der Waals surface area (Å²) in [5.74, 6) is 0.430. The van der Waals surface area contributed by atoms with Crippen molar-refractivity contribution in [2.24, 2.45) is 62.1 Å². The van der Waals surface area contributed by atoms with Gasteiger partial charge in [-0.25, -0.2) is 0 Å². The summed E-state index contributed by atoms with van der Waals surface area (Å²) in [6.45, 7) is 22.1. The molecule has 5 saturated carbocycles. The van der Waals surface area contributed by atoms with E-state index in [2.05, 4.69) is 48.5 Å². The normalized spacial score (nSPS) is 39.4. The van der Waals surface area contributed by atoms with E-state index >= 15 is 0 Å². The maximum absolute atomic E-state index is 14.1. The average molecular weight is 710 g/mol. The Bertz CT molecular complexity index is 1490. The molecule has 0 heterocycles. The van der Waals surface area contributed by atoms with Gasteiger partial charge in [0, 0.05) is 37.3 Å². The van der Waals surface area contributed by atoms with Gasteiger partial charge in [0.15, 0.2) is 5.78 Å². The van der Waals surface area contributed by atoms with E-state index in [-0.39, 0.29) is 57.7 Å². The maximum atomic E-state index is 14.1. The summed E-state index contributed by atoms with van der Waals surface area (Å²) in [5, 5.41) is 21.9. The van der Waals surface area contributed by atoms with Crippen LogP contribution in [-0.4, -0.2) is 64.0 Å². The molecule has 6 rings (SSSR count). The van der Waals surface area contributed by atoms with Crippen molar-refractivity contribution >= 4 is 23.6 Å². The number of carboxylic acids is 1. The highest BCUT2D eigenvalue weighted by Crippen LogP contribution is 2.77. The molecule has 0 saturated heterocycles. The van der Waals surface area contributed by atoms with Gasteiger partial charge in [0.05, 0.1) is 17.9 Å². The van der Waals surface area contributed by atoms with Gasteiger partial charge >= 0.3 is 11.9 Å². The van der Waals surface area contributed by atoms with Crippen molar-refractivity contribution < 1.29 is 34.1 Å². The summed E-state index contributed by atoms with van der Waals surface area (Å²) in [4.78, 5) is 53.5. The Morgan fingerprint density at radius 3 is 2.16 bits per heavy atom. The van der Waals surface area contributed by atoms with Crippen molar-refractivity contribution in [1.29, 1.82) is 0 Å². The lowest BCUT2D eigenvalue weighted by molar-refractivity contribution is -0.235. The standard InChI is InChI=1S/C43H67NO7/c1-25(2)35-29(46)21-43(32(47)24-44(26(3)45)23-27-11-12-27)20-19-41(9)28(36(35)43)13-14-31-40(8)17-16-33(51-34(48)22-38(4,5)37(49)50)39(6,7)30(40)15-18-42(31,41)10/h25,27-28,30-33,47H,11-24H2,1-10H3,(H,49,50). The Labute approximate surface area is 306 Å². The van der Waals surface area contributed by atoms with Gasteiger partial charge in [0.2, 0.25) is 5.91 Å². The number of ether oxygens (including phenoxy) is 1. The largest absolute Gasteiger partial charge is 0.481 e. The molecule has 8 heteroatoms. The van der Waals surface area contributed by atoms with Gasteiger partial charge < -0.3 is 19.8 Å². The molecule has 0 aliphatic heterocycles. The molecule has 0 aromatic rings. The number of carbonyl (C=O) groups is 4. The minimum absolute atomic E-state index is 0.00599. The second-order valence-corrected chi connectivity index (χ2v) is 20.4. The van der Waals surface area contributed by atoms with Gasteiger partial charge in [0.25, 0.3) is 0 Å². The van der Waals surface area contributed by atoms with Crippen LogP contribution < -0.4 is 0 Å². The Balaban J connectivity index is 1.29. The average Bonchev–Trinajstić information content (AvgIpc) is 3.77. The molecule has 5 fully saturated rings. The zero-order valence-electron chi connectivity index (χ0n) is 33.3. The number of ketones is 1. The quantitative estimate of drug-likeness (QED) is 0.221. The molecule has 8 nitrogen and oxygen atoms in total. The molecule has 0 spiro atoms. The molecule has 6 aliphatic carbocycles. The summed E-state index contributed by atoms with van der Waals surface area (Å²) in [7, 11) is 0. The zero-order chi connectivity index (χ0) is 37.7. The number of hydrogen-bond donors (Lipinski definition) is 2. The molecule has 1 amide bonds. The number of allylic oxidation sites excluding steroid dienone is 1. The predicted octanol–water partition coefficient (Wildman–Crippen LogP) is 8.00. The second kappa shape index (κ2) is 12.7. The molecule has 9 unspecified atom stereocenters. The van der Waals surface area contributed by atoms with Crippen molar-refractivity contribution in [2.45, 2.75) is 158 Å². The number of esters is 1. The Kier molecular flexibility index (Phi) is 9.58. The zero-order valence-corrected chi connectivity index (χ0v) is 33.3. The van der Waals surface area contributed by atoms with E-state index in [4.69, 9.17) is 4.74 Å². The molecule has 0 bridgehead atoms. The topological polar surface area (TPSA) is 121 Å². The van der Waals surface area contributed by atoms with E-state index in [0.29, 0.717) is 37.3 Å². The van der Waals surface area contributed by atoms with Gasteiger partial charge in [0.1, 0.15) is 6.10 Å². The molecular formula is C43H67NO7. The van der Waals surface area contributed by atoms with E-state index in [1.807, 2.05) is 4.90 Å². The fourth-order valence-corrected chi connectivity index (χ4v) is 13.2. The van der Waals surface area contributed by atoms with Crippen molar-refractivity contribution in [3.63, 3.8) is 0 Å². The molecule has 51 heavy (non-hydrogen) atoms. The third-order valence-corrected chi connectivity index (χ3v) is 16.5. The SMILES string of the molecule is CC(=O)N(CC1CC1)CC(O)C12CCC3(C)C(CCC4C5(C)CCC(OC(=O)CC(C)(C)C(=O)O)C(C)(C)C5CCC43C)C1=C(C(C)C)C(=O)C2. The van der Waals surface area contributed by atoms with Crippen LogP contribution in [0.15, 0.2) is 11.1 Å². The lowest BCUT2D eigenvalue weighted by Gasteiger charge is -2.72. The Hall–Kier alpha value is -2.22. The minimum Gasteiger partial charge on any atom is -0.481 e. The number of amides is 1. The van der Waals surface area contributed by atoms with E-state index in [1.165, 1.54) is 5.57 Å². The van der Waals surface area contributed by atoms with E-state index in [1.54, 1.807) is 20.8 Å². The van der Waals surface area contributed by atoms with Crippen molar-refractivity contribution in [2.75, 3.05) is 13.1 Å². The Morgan fingerprint density at radius 1 is 0.902 bits per heavy atom. The highest BCUT2D eigenvalue weighted by atomic mass is 16.5. The molecule has 0 radical (unpaired) electrons. The van der Waals surface area contributed by atoms with Crippen molar-refractivity contribution in [3.8, 4) is 0 Å². The highest BCUT2D eigenvalue weighted by Gasteiger charge is 2.71. The summed E-state index contributed by atoms with van der Waals surface area (Å²) in [6.07, 6.45) is 9.09. The molecule has 286 valence electrons. The lowest BCUT2D eigenvalue weighted by Crippen LogP contribution is -2.66. The van der Waals surface area contributed by atoms with Crippen LogP contribution in [0.1, 0.15) is 146 Å². The predicted molar refractivity (Wildman–Crippen MR) is 196 cm³/mol. The van der Waals surface area contributed by atoms with Crippen LogP contribution in [0.3, 0.4) is 0 Å². The van der Waals surface area contributed by atoms with Gasteiger partial charge in [-0.1, -0.05) is 54.0 Å². The first-order chi connectivity index (χ1) is 23.5. The number of carbonyl (C=O) groups excluding carboxylic acids is 3. The van der Waals surface area contributed by atoms with Crippen molar-refractivity contribution in [1.82, 2.24) is 4.90 Å². The Morgan fingerprint density at radius 2 is 1.57 bits per heavy atom. The van der Waals surface area contributed by atoms with E-state index in [0.717, 1.165) is 69.8 Å². The van der Waals surface area contributed by atoms with Crippen LogP contribution >= 0.6 is 0 Å². The van der Waals surface area contributed by atoms with Gasteiger partial charge in [-0.05, 0) is 129 Å². The summed E-state index contributed by atoms with van der Waals surface area (Å²) in [6, 6.07) is 0. The van der Waals surface area contributed by atoms with Crippen molar-refractivity contribution in [3.05, 3.63) is 11.1 Å². The van der Waals surface area contributed by atoms with Crippen LogP contribution in [0.4, 0.5) is 0 Å². The van der Waals surface area contributed by atoms with Crippen LogP contribution in [-0.2, 0) is 23.9 Å². The maximum Gasteiger partial charge on any atom is 0.309 e. The number of nitrogens with zero attached hydrogens (tertiary/aromatic N) is 1. The number of aliphatic hydroxyl groups is 1. The molecule has 2 N–H and O–H groups in total. The van der Waals surface area contributed by atoms with Crippen LogP contribution in [0.2, 0.25) is 0 Å². The summed E-state index contributed by atoms with van der Waals surface area (Å²) in [5.41, 5.74) is 0.198. The number of fused-ring (bicyclic) bond motifs is 7. The fourth-order valence-electron chi connectivity index (χ4n) is 13.2. The van der Waals surface area contributed by atoms with Gasteiger partial charge in [-0.3, -0.25) is 19.2 Å². The van der Waals surface area contributed by atoms with Gasteiger partial charge in [-0.15, -0.1) is 0 Å². The number of aliphatic hydroxyl groups excluding tert-OH is 1. The number of Topliss-reactive ketones (excluding diaryl/α,β-unsaturated/α-hetero) is 1. The van der Waals surface area contributed by atoms with E-state index in [9.17, 15) is 29.4 Å². The number of hydrogen-bond acceptors (Lipinski definition) is 6. The summed E-state index contributed by atoms with van der Waals surface area (Å²) < 4.78 is 6.16. The highest BCUT2D eigenvalue weighted by molar-refractivity contribution is 6.00. The molecular weight excluding hydrogens is 642 g/mol. The van der Waals surface area contributed by atoms with Crippen LogP contribution in [0.5, 0.6) is 0 Å². The minimum atomic E-state index is -1.17. The van der Waals surface area contributed by atoms with E-state index < -0.39 is 28.9 Å². The number of rotatable bonds is 10. The number of carboxylic acid groups (broad SMARTS) is 1. The van der Waals surface area contributed by atoms with Gasteiger partial charge in [-0.2, -0.15) is 0 Å². The first-order valence-electron chi connectivity index (χ1n) is 20.2. The molecule has 6 aliphatic rings. The molecule has 9 atom stereocenters. The van der Waals surface area contributed by atoms with Crippen LogP contribution in [0, 0.1) is 62.1 Å². The first kappa shape index (κ1) is 38.5. The fraction of sp³-hybridized carbons (Fsp3) is 0.860. The monoisotopic (exact) mass is 709 g/mol. The third kappa shape index (κ3) is 5.95.